The van der Waals surface area contributed by atoms with Gasteiger partial charge in [0.1, 0.15) is 0 Å². The van der Waals surface area contributed by atoms with E-state index in [1.54, 1.807) is 0 Å². The molecule has 0 heterocycles. The molecule has 0 spiro atoms. The summed E-state index contributed by atoms with van der Waals surface area (Å²) in [5, 5.41) is 1.04. The molecule has 3 heteroatoms. The maximum absolute atomic E-state index is 10.0. The molecule has 0 aromatic heterocycles. The largest absolute Gasteiger partial charge is 0.619 e. The Morgan fingerprint density at radius 1 is 1.75 bits per heavy atom. The topological polar surface area (TPSA) is 26.3 Å². The van der Waals surface area contributed by atoms with Crippen molar-refractivity contribution >= 4 is 21.5 Å². The fraction of sp³-hybridized carbons (Fsp3) is 0.800. The van der Waals surface area contributed by atoms with Crippen molar-refractivity contribution in [3.8, 4) is 0 Å². The Balaban J connectivity index is 0. The van der Waals surface area contributed by atoms with Crippen LogP contribution in [0, 0.1) is 0 Å². The van der Waals surface area contributed by atoms with Gasteiger partial charge in [-0.2, -0.15) is 0 Å². The van der Waals surface area contributed by atoms with Gasteiger partial charge in [-0.05, 0) is 0 Å². The van der Waals surface area contributed by atoms with Crippen LogP contribution in [0.2, 0.25) is 5.28 Å². The Labute approximate surface area is 57.3 Å². The molecule has 0 aromatic rings. The molecule has 0 atom stereocenters. The molecule has 0 N–H and O–H groups in total. The van der Waals surface area contributed by atoms with Gasteiger partial charge in [0.15, 0.2) is 0 Å². The molecule has 0 aliphatic heterocycles. The van der Waals surface area contributed by atoms with Gasteiger partial charge >= 0.3 is 15.6 Å². The van der Waals surface area contributed by atoms with Gasteiger partial charge in [0, 0.05) is 6.92 Å². The average molecular weight is 132 g/mol. The van der Waals surface area contributed by atoms with Crippen molar-refractivity contribution in [1.29, 1.82) is 0 Å². The minimum Gasteiger partial charge on any atom is -0.619 e. The lowest BCUT2D eigenvalue weighted by molar-refractivity contribution is -0.131. The fourth-order valence-electron chi connectivity index (χ4n) is 0.246. The normalized spacial score (nSPS) is 6.75. The van der Waals surface area contributed by atoms with Crippen molar-refractivity contribution < 1.29 is 8.58 Å². The molecule has 0 aromatic carbocycles. The molecule has 0 saturated carbocycles. The molecule has 48 valence electrons. The van der Waals surface area contributed by atoms with Crippen molar-refractivity contribution in [2.45, 2.75) is 26.6 Å². The number of rotatable bonds is 2. The molecular formula is C5H13AlO2. The summed E-state index contributed by atoms with van der Waals surface area (Å²) in [6.45, 7) is 3.47. The van der Waals surface area contributed by atoms with E-state index in [2.05, 4.69) is 0 Å². The average Bonchev–Trinajstić information content (AvgIpc) is 1.61. The molecule has 0 bridgehead atoms. The summed E-state index contributed by atoms with van der Waals surface area (Å²) in [6.07, 6.45) is 0. The third-order valence-electron chi connectivity index (χ3n) is 0.509. The van der Waals surface area contributed by atoms with Crippen LogP contribution in [-0.4, -0.2) is 21.5 Å². The number of carbonyl (C=O) groups excluding carboxylic acids is 1. The summed E-state index contributed by atoms with van der Waals surface area (Å²) in [4.78, 5) is 10.0. The zero-order valence-corrected chi connectivity index (χ0v) is 6.14. The zero-order chi connectivity index (χ0) is 5.70. The standard InChI is InChI=1S/C2H4O2.C2H5.CH4.Al.H/c1-2(3)4;1-2;;;/h1H3,(H,3,4);1H2,2H3;1H4;;/q;;;+1;/p-1. The number of hydrogen-bond acceptors (Lipinski definition) is 2. The molecule has 0 amide bonds. The Bertz CT molecular complexity index is 63.4. The van der Waals surface area contributed by atoms with Crippen LogP contribution in [0.3, 0.4) is 0 Å². The van der Waals surface area contributed by atoms with Crippen LogP contribution in [0.1, 0.15) is 21.3 Å². The highest BCUT2D eigenvalue weighted by molar-refractivity contribution is 6.30. The second-order valence-electron chi connectivity index (χ2n) is 1.34. The third kappa shape index (κ3) is 9.38. The summed E-state index contributed by atoms with van der Waals surface area (Å²) in [5.74, 6) is -0.131. The van der Waals surface area contributed by atoms with E-state index in [1.807, 2.05) is 6.92 Å². The van der Waals surface area contributed by atoms with Gasteiger partial charge in [-0.25, -0.2) is 0 Å². The summed E-state index contributed by atoms with van der Waals surface area (Å²) >= 11 is -0.475. The summed E-state index contributed by atoms with van der Waals surface area (Å²) in [6, 6.07) is 0. The molecule has 0 radical (unpaired) electrons. The molecule has 0 fully saturated rings. The smallest absolute Gasteiger partial charge is 0.523 e. The van der Waals surface area contributed by atoms with E-state index in [9.17, 15) is 4.79 Å². The molecule has 0 rings (SSSR count). The van der Waals surface area contributed by atoms with E-state index in [1.165, 1.54) is 6.92 Å². The van der Waals surface area contributed by atoms with Crippen molar-refractivity contribution in [3.63, 3.8) is 0 Å². The Kier molecular flexibility index (Phi) is 9.53. The molecule has 8 heavy (non-hydrogen) atoms. The van der Waals surface area contributed by atoms with E-state index in [0.29, 0.717) is 0 Å². The summed E-state index contributed by atoms with van der Waals surface area (Å²) in [7, 11) is 0. The van der Waals surface area contributed by atoms with Gasteiger partial charge in [-0.3, -0.25) is 4.79 Å². The van der Waals surface area contributed by atoms with Gasteiger partial charge in [-0.1, -0.05) is 19.6 Å². The fourth-order valence-corrected chi connectivity index (χ4v) is 0.737. The summed E-state index contributed by atoms with van der Waals surface area (Å²) < 4.78 is 4.69. The van der Waals surface area contributed by atoms with Crippen LogP contribution in [0.5, 0.6) is 0 Å². The lowest BCUT2D eigenvalue weighted by Crippen LogP contribution is -2.01. The summed E-state index contributed by atoms with van der Waals surface area (Å²) in [5.41, 5.74) is 0. The predicted octanol–water partition coefficient (Wildman–Crippen LogP) is 0.975. The first kappa shape index (κ1) is 10.9. The number of hydrogen-bond donors (Lipinski definition) is 0. The van der Waals surface area contributed by atoms with E-state index in [-0.39, 0.29) is 13.4 Å². The monoisotopic (exact) mass is 132 g/mol. The van der Waals surface area contributed by atoms with Gasteiger partial charge in [0.2, 0.25) is 0 Å². The lowest BCUT2D eigenvalue weighted by atomic mass is 10.9. The van der Waals surface area contributed by atoms with Crippen LogP contribution in [0.4, 0.5) is 0 Å². The van der Waals surface area contributed by atoms with Crippen LogP contribution >= 0.6 is 0 Å². The molecule has 0 aliphatic carbocycles. The van der Waals surface area contributed by atoms with Gasteiger partial charge in [-0.15, -0.1) is 0 Å². The first-order valence-electron chi connectivity index (χ1n) is 2.40. The first-order chi connectivity index (χ1) is 3.27. The Hall–Kier alpha value is 0.00247. The molecular weight excluding hydrogens is 119 g/mol. The van der Waals surface area contributed by atoms with Crippen LogP contribution < -0.4 is 0 Å². The van der Waals surface area contributed by atoms with E-state index < -0.39 is 15.6 Å². The van der Waals surface area contributed by atoms with Crippen molar-refractivity contribution in [1.82, 2.24) is 0 Å². The van der Waals surface area contributed by atoms with Crippen molar-refractivity contribution in [2.75, 3.05) is 0 Å². The first-order valence-corrected chi connectivity index (χ1v) is 3.98. The highest BCUT2D eigenvalue weighted by atomic mass is 27.1. The zero-order valence-electron chi connectivity index (χ0n) is 4.73. The van der Waals surface area contributed by atoms with E-state index >= 15 is 0 Å². The predicted molar refractivity (Wildman–Crippen MR) is 36.1 cm³/mol. The van der Waals surface area contributed by atoms with Crippen LogP contribution in [0.15, 0.2) is 0 Å². The van der Waals surface area contributed by atoms with Crippen molar-refractivity contribution in [3.05, 3.63) is 0 Å². The second kappa shape index (κ2) is 7.00. The maximum Gasteiger partial charge on any atom is 0.523 e. The van der Waals surface area contributed by atoms with E-state index in [0.717, 1.165) is 5.28 Å². The SMILES string of the molecule is C.C[CH2][AlH][O]C(C)=O. The van der Waals surface area contributed by atoms with E-state index in [4.69, 9.17) is 3.79 Å². The van der Waals surface area contributed by atoms with Crippen molar-refractivity contribution in [2.24, 2.45) is 0 Å². The van der Waals surface area contributed by atoms with Gasteiger partial charge in [0.05, 0.1) is 0 Å². The second-order valence-corrected chi connectivity index (χ2v) is 3.04. The highest BCUT2D eigenvalue weighted by Crippen LogP contribution is 1.76. The van der Waals surface area contributed by atoms with Crippen LogP contribution in [0.25, 0.3) is 0 Å². The molecule has 2 nitrogen and oxygen atoms in total. The molecule has 0 aliphatic rings. The maximum atomic E-state index is 10.0. The minimum atomic E-state index is -0.475. The lowest BCUT2D eigenvalue weighted by Gasteiger charge is -1.93. The Morgan fingerprint density at radius 3 is 2.38 bits per heavy atom. The van der Waals surface area contributed by atoms with Gasteiger partial charge in [0.25, 0.3) is 5.97 Å². The number of carbonyl (C=O) groups is 1. The third-order valence-corrected chi connectivity index (χ3v) is 1.53. The molecule has 0 unspecified atom stereocenters. The molecule has 0 saturated heterocycles. The highest BCUT2D eigenvalue weighted by Gasteiger charge is 1.92. The quantitative estimate of drug-likeness (QED) is 0.523. The van der Waals surface area contributed by atoms with Crippen LogP contribution in [-0.2, 0) is 8.58 Å². The van der Waals surface area contributed by atoms with Gasteiger partial charge < -0.3 is 3.79 Å². The minimum absolute atomic E-state index is 0. The Morgan fingerprint density at radius 2 is 2.25 bits per heavy atom.